The number of amides is 1. The molecule has 198 valence electrons. The summed E-state index contributed by atoms with van der Waals surface area (Å²) in [4.78, 5) is 12.3. The molecule has 0 fully saturated rings. The van der Waals surface area contributed by atoms with Gasteiger partial charge in [0, 0.05) is 12.0 Å². The first-order chi connectivity index (χ1) is 16.9. The quantitative estimate of drug-likeness (QED) is 0.477. The van der Waals surface area contributed by atoms with Gasteiger partial charge in [-0.05, 0) is 48.1 Å². The number of aryl methyl sites for hydroxylation is 1. The van der Waals surface area contributed by atoms with Crippen LogP contribution < -0.4 is 14.8 Å². The molecule has 1 heterocycles. The van der Waals surface area contributed by atoms with Crippen LogP contribution in [-0.4, -0.2) is 47.4 Å². The molecule has 0 aliphatic carbocycles. The molecule has 1 aliphatic heterocycles. The zero-order chi connectivity index (χ0) is 26.6. The van der Waals surface area contributed by atoms with E-state index in [2.05, 4.69) is 12.2 Å². The maximum absolute atomic E-state index is 13.8. The third-order valence-electron chi connectivity index (χ3n) is 6.71. The zero-order valence-corrected chi connectivity index (χ0v) is 23.0. The number of hydrogen-bond acceptors (Lipinski definition) is 7. The number of nitrogens with one attached hydrogen (secondary N) is 2. The molecule has 2 N–H and O–H groups in total. The van der Waals surface area contributed by atoms with Crippen molar-refractivity contribution in [2.24, 2.45) is 0 Å². The Labute approximate surface area is 214 Å². The molecule has 0 radical (unpaired) electrons. The number of hydrogen-bond donors (Lipinski definition) is 2. The molecule has 0 saturated heterocycles. The fraction of sp³-hybridized carbons (Fsp3) is 0.500. The number of carbonyl (C=O) groups excluding carboxylic acids is 1. The first-order valence-electron chi connectivity index (χ1n) is 12.2. The Bertz CT molecular complexity index is 1290. The topological polar surface area (TPSA) is 119 Å². The molecule has 0 spiro atoms. The minimum absolute atomic E-state index is 0.0346. The van der Waals surface area contributed by atoms with Gasteiger partial charge in [0.05, 0.1) is 30.1 Å². The predicted octanol–water partition coefficient (Wildman–Crippen LogP) is 3.51. The SMILES string of the molecule is CCCCC1(CC)CS(=O)(=O)c2cc(CCC(=O)NS(C)(=O)=O)c(OC)cc2C(c2ccccc2)N1. The highest BCUT2D eigenvalue weighted by Gasteiger charge is 2.42. The number of fused-ring (bicyclic) bond motifs is 1. The summed E-state index contributed by atoms with van der Waals surface area (Å²) < 4.78 is 58.0. The maximum atomic E-state index is 13.8. The average Bonchev–Trinajstić information content (AvgIpc) is 2.92. The van der Waals surface area contributed by atoms with E-state index in [9.17, 15) is 21.6 Å². The Balaban J connectivity index is 2.13. The lowest BCUT2D eigenvalue weighted by atomic mass is 9.87. The van der Waals surface area contributed by atoms with Crippen LogP contribution in [-0.2, 0) is 31.1 Å². The van der Waals surface area contributed by atoms with Crippen LogP contribution in [0.25, 0.3) is 0 Å². The number of rotatable bonds is 10. The van der Waals surface area contributed by atoms with Gasteiger partial charge in [0.15, 0.2) is 9.84 Å². The number of benzene rings is 2. The molecule has 2 atom stereocenters. The minimum Gasteiger partial charge on any atom is -0.496 e. The minimum atomic E-state index is -3.70. The first kappa shape index (κ1) is 28.1. The summed E-state index contributed by atoms with van der Waals surface area (Å²) in [5, 5.41) is 3.72. The second kappa shape index (κ2) is 11.3. The third kappa shape index (κ3) is 6.66. The van der Waals surface area contributed by atoms with Crippen molar-refractivity contribution in [3.8, 4) is 5.75 Å². The number of methoxy groups -OCH3 is 1. The van der Waals surface area contributed by atoms with Crippen LogP contribution in [0.4, 0.5) is 0 Å². The van der Waals surface area contributed by atoms with Gasteiger partial charge in [-0.3, -0.25) is 14.8 Å². The summed E-state index contributed by atoms with van der Waals surface area (Å²) in [6.07, 6.45) is 4.16. The molecule has 1 aliphatic rings. The summed E-state index contributed by atoms with van der Waals surface area (Å²) in [6, 6.07) is 12.7. The second-order valence-corrected chi connectivity index (χ2v) is 13.2. The van der Waals surface area contributed by atoms with Crippen molar-refractivity contribution in [3.63, 3.8) is 0 Å². The predicted molar refractivity (Wildman–Crippen MR) is 140 cm³/mol. The highest BCUT2D eigenvalue weighted by Crippen LogP contribution is 2.41. The molecule has 3 rings (SSSR count). The fourth-order valence-electron chi connectivity index (χ4n) is 4.82. The molecule has 1 amide bonds. The summed E-state index contributed by atoms with van der Waals surface area (Å²) in [6.45, 7) is 4.11. The van der Waals surface area contributed by atoms with Crippen LogP contribution in [0.2, 0.25) is 0 Å². The van der Waals surface area contributed by atoms with E-state index in [0.717, 1.165) is 31.1 Å². The van der Waals surface area contributed by atoms with Gasteiger partial charge in [-0.2, -0.15) is 0 Å². The Morgan fingerprint density at radius 3 is 2.47 bits per heavy atom. The van der Waals surface area contributed by atoms with Gasteiger partial charge in [0.25, 0.3) is 0 Å². The van der Waals surface area contributed by atoms with Gasteiger partial charge in [-0.25, -0.2) is 16.8 Å². The number of ether oxygens (including phenoxy) is 1. The van der Waals surface area contributed by atoms with Crippen molar-refractivity contribution in [1.29, 1.82) is 0 Å². The number of sulfone groups is 1. The number of unbranched alkanes of at least 4 members (excludes halogenated alkanes) is 1. The van der Waals surface area contributed by atoms with Crippen LogP contribution >= 0.6 is 0 Å². The van der Waals surface area contributed by atoms with E-state index in [4.69, 9.17) is 4.74 Å². The van der Waals surface area contributed by atoms with Gasteiger partial charge in [-0.15, -0.1) is 0 Å². The normalized spacial score (nSPS) is 21.3. The molecule has 0 aromatic heterocycles. The van der Waals surface area contributed by atoms with Gasteiger partial charge in [-0.1, -0.05) is 57.0 Å². The Morgan fingerprint density at radius 1 is 1.19 bits per heavy atom. The molecule has 0 bridgehead atoms. The van der Waals surface area contributed by atoms with Crippen LogP contribution in [0.3, 0.4) is 0 Å². The van der Waals surface area contributed by atoms with Gasteiger partial charge in [0.2, 0.25) is 15.9 Å². The summed E-state index contributed by atoms with van der Waals surface area (Å²) in [5.41, 5.74) is 1.49. The fourth-order valence-corrected chi connectivity index (χ4v) is 7.51. The Hall–Kier alpha value is -2.43. The standard InChI is InChI=1S/C26H36N2O6S2/c1-5-7-15-26(6-2)18-36(32,33)23-16-20(13-14-24(29)28-35(4,30)31)22(34-3)17-21(23)25(27-26)19-11-9-8-10-12-19/h8-12,16-17,25,27H,5-7,13-15,18H2,1-4H3,(H,28,29). The number of sulfonamides is 1. The molecule has 36 heavy (non-hydrogen) atoms. The Morgan fingerprint density at radius 2 is 1.89 bits per heavy atom. The van der Waals surface area contributed by atoms with Gasteiger partial charge in [0.1, 0.15) is 5.75 Å². The van der Waals surface area contributed by atoms with E-state index in [1.165, 1.54) is 7.11 Å². The van der Waals surface area contributed by atoms with Crippen molar-refractivity contribution in [2.45, 2.75) is 68.8 Å². The van der Waals surface area contributed by atoms with Gasteiger partial charge < -0.3 is 4.74 Å². The molecule has 10 heteroatoms. The first-order valence-corrected chi connectivity index (χ1v) is 15.7. The number of carbonyl (C=O) groups is 1. The van der Waals surface area contributed by atoms with Crippen LogP contribution in [0.1, 0.15) is 68.7 Å². The maximum Gasteiger partial charge on any atom is 0.233 e. The van der Waals surface area contributed by atoms with E-state index in [0.29, 0.717) is 23.3 Å². The van der Waals surface area contributed by atoms with E-state index in [1.807, 2.05) is 42.0 Å². The monoisotopic (exact) mass is 536 g/mol. The van der Waals surface area contributed by atoms with Crippen molar-refractivity contribution in [3.05, 3.63) is 59.2 Å². The van der Waals surface area contributed by atoms with E-state index < -0.39 is 31.3 Å². The molecule has 2 unspecified atom stereocenters. The summed E-state index contributed by atoms with van der Waals surface area (Å²) in [7, 11) is -5.88. The van der Waals surface area contributed by atoms with Crippen molar-refractivity contribution >= 4 is 25.8 Å². The van der Waals surface area contributed by atoms with Crippen LogP contribution in [0.15, 0.2) is 47.4 Å². The summed E-state index contributed by atoms with van der Waals surface area (Å²) >= 11 is 0. The molecular formula is C26H36N2O6S2. The Kier molecular flexibility index (Phi) is 8.84. The lowest BCUT2D eigenvalue weighted by Gasteiger charge is -2.36. The lowest BCUT2D eigenvalue weighted by molar-refractivity contribution is -0.119. The molecule has 8 nitrogen and oxygen atoms in total. The molecule has 2 aromatic carbocycles. The summed E-state index contributed by atoms with van der Waals surface area (Å²) in [5.74, 6) is -0.241. The highest BCUT2D eigenvalue weighted by molar-refractivity contribution is 7.91. The largest absolute Gasteiger partial charge is 0.496 e. The average molecular weight is 537 g/mol. The lowest BCUT2D eigenvalue weighted by Crippen LogP contribution is -2.50. The molecular weight excluding hydrogens is 500 g/mol. The second-order valence-electron chi connectivity index (χ2n) is 9.48. The van der Waals surface area contributed by atoms with Crippen molar-refractivity contribution in [1.82, 2.24) is 10.0 Å². The third-order valence-corrected chi connectivity index (χ3v) is 9.27. The van der Waals surface area contributed by atoms with Crippen LogP contribution in [0, 0.1) is 0 Å². The van der Waals surface area contributed by atoms with E-state index >= 15 is 0 Å². The van der Waals surface area contributed by atoms with E-state index in [-0.39, 0.29) is 29.5 Å². The molecule has 2 aromatic rings. The van der Waals surface area contributed by atoms with Crippen molar-refractivity contribution in [2.75, 3.05) is 19.1 Å². The van der Waals surface area contributed by atoms with E-state index in [1.54, 1.807) is 12.1 Å². The highest BCUT2D eigenvalue weighted by atomic mass is 32.2. The zero-order valence-electron chi connectivity index (χ0n) is 21.3. The smallest absolute Gasteiger partial charge is 0.233 e. The van der Waals surface area contributed by atoms with Crippen LogP contribution in [0.5, 0.6) is 5.75 Å². The molecule has 0 saturated carbocycles. The van der Waals surface area contributed by atoms with Gasteiger partial charge >= 0.3 is 0 Å². The van der Waals surface area contributed by atoms with Crippen molar-refractivity contribution < 1.29 is 26.4 Å².